The number of hydrogen-bond acceptors (Lipinski definition) is 3. The lowest BCUT2D eigenvalue weighted by Gasteiger charge is -2.26. The van der Waals surface area contributed by atoms with E-state index in [4.69, 9.17) is 4.74 Å². The van der Waals surface area contributed by atoms with E-state index < -0.39 is 23.8 Å². The Bertz CT molecular complexity index is 398. The molecule has 0 aliphatic rings. The zero-order valence-corrected chi connectivity index (χ0v) is 12.0. The van der Waals surface area contributed by atoms with Crippen LogP contribution >= 0.6 is 0 Å². The van der Waals surface area contributed by atoms with Crippen molar-refractivity contribution in [3.63, 3.8) is 0 Å². The van der Waals surface area contributed by atoms with Crippen LogP contribution in [0.1, 0.15) is 45.7 Å². The van der Waals surface area contributed by atoms with E-state index in [1.165, 1.54) is 0 Å². The van der Waals surface area contributed by atoms with Crippen LogP contribution in [0.4, 0.5) is 4.79 Å². The van der Waals surface area contributed by atoms with Crippen molar-refractivity contribution in [3.8, 4) is 0 Å². The highest BCUT2D eigenvalue weighted by Crippen LogP contribution is 2.19. The van der Waals surface area contributed by atoms with Crippen LogP contribution in [0.15, 0.2) is 30.3 Å². The minimum Gasteiger partial charge on any atom is -0.444 e. The fraction of sp³-hybridized carbons (Fsp3) is 0.533. The second-order valence-electron chi connectivity index (χ2n) is 5.51. The van der Waals surface area contributed by atoms with Gasteiger partial charge in [0.1, 0.15) is 5.60 Å². The quantitative estimate of drug-likeness (QED) is 0.879. The molecule has 0 spiro atoms. The Balaban J connectivity index is 2.80. The van der Waals surface area contributed by atoms with E-state index in [1.807, 2.05) is 37.3 Å². The minimum atomic E-state index is -0.644. The summed E-state index contributed by atoms with van der Waals surface area (Å²) in [7, 11) is 0. The van der Waals surface area contributed by atoms with E-state index in [2.05, 4.69) is 5.32 Å². The maximum absolute atomic E-state index is 11.8. The van der Waals surface area contributed by atoms with E-state index in [1.54, 1.807) is 20.8 Å². The number of nitrogens with one attached hydrogen (secondary N) is 1. The molecule has 19 heavy (non-hydrogen) atoms. The smallest absolute Gasteiger partial charge is 0.408 e. The van der Waals surface area contributed by atoms with Gasteiger partial charge in [0.15, 0.2) is 0 Å². The minimum absolute atomic E-state index is 0.457. The molecule has 2 N–H and O–H groups in total. The van der Waals surface area contributed by atoms with E-state index in [0.29, 0.717) is 6.42 Å². The second-order valence-corrected chi connectivity index (χ2v) is 5.51. The van der Waals surface area contributed by atoms with Crippen molar-refractivity contribution in [2.75, 3.05) is 0 Å². The molecule has 0 saturated heterocycles. The van der Waals surface area contributed by atoms with Gasteiger partial charge in [0.25, 0.3) is 0 Å². The maximum Gasteiger partial charge on any atom is 0.408 e. The summed E-state index contributed by atoms with van der Waals surface area (Å²) in [4.78, 5) is 11.8. The average molecular weight is 265 g/mol. The van der Waals surface area contributed by atoms with Crippen molar-refractivity contribution in [1.82, 2.24) is 5.32 Å². The van der Waals surface area contributed by atoms with Crippen molar-refractivity contribution < 1.29 is 14.6 Å². The topological polar surface area (TPSA) is 58.6 Å². The molecular weight excluding hydrogens is 242 g/mol. The highest BCUT2D eigenvalue weighted by atomic mass is 16.6. The number of ether oxygens (including phenoxy) is 1. The van der Waals surface area contributed by atoms with E-state index >= 15 is 0 Å². The van der Waals surface area contributed by atoms with Crippen LogP contribution in [0.3, 0.4) is 0 Å². The van der Waals surface area contributed by atoms with Crippen LogP contribution in [-0.4, -0.2) is 22.9 Å². The van der Waals surface area contributed by atoms with E-state index in [0.717, 1.165) is 5.56 Å². The van der Waals surface area contributed by atoms with Crippen molar-refractivity contribution >= 4 is 6.09 Å². The molecule has 1 amide bonds. The molecule has 0 aromatic heterocycles. The number of alkyl carbamates (subject to hydrolysis) is 1. The van der Waals surface area contributed by atoms with Gasteiger partial charge < -0.3 is 15.2 Å². The van der Waals surface area contributed by atoms with Crippen molar-refractivity contribution in [3.05, 3.63) is 35.9 Å². The van der Waals surface area contributed by atoms with Crippen molar-refractivity contribution in [2.24, 2.45) is 0 Å². The summed E-state index contributed by atoms with van der Waals surface area (Å²) >= 11 is 0. The number of benzene rings is 1. The number of aliphatic hydroxyl groups is 1. The molecule has 0 saturated carbocycles. The van der Waals surface area contributed by atoms with Gasteiger partial charge in [0.05, 0.1) is 12.1 Å². The highest BCUT2D eigenvalue weighted by molar-refractivity contribution is 5.68. The largest absolute Gasteiger partial charge is 0.444 e. The third-order valence-corrected chi connectivity index (χ3v) is 2.63. The summed E-state index contributed by atoms with van der Waals surface area (Å²) in [6.07, 6.45) is -0.612. The van der Waals surface area contributed by atoms with Crippen LogP contribution in [-0.2, 0) is 4.74 Å². The summed E-state index contributed by atoms with van der Waals surface area (Å²) in [5.74, 6) is 0. The molecule has 0 aliphatic heterocycles. The summed E-state index contributed by atoms with van der Waals surface area (Å²) in [6, 6.07) is 8.94. The summed E-state index contributed by atoms with van der Waals surface area (Å²) in [6.45, 7) is 7.29. The highest BCUT2D eigenvalue weighted by Gasteiger charge is 2.24. The summed E-state index contributed by atoms with van der Waals surface area (Å²) in [5.41, 5.74) is 0.311. The molecule has 1 aromatic carbocycles. The Morgan fingerprint density at radius 3 is 2.37 bits per heavy atom. The lowest BCUT2D eigenvalue weighted by atomic mass is 10.00. The average Bonchev–Trinajstić information content (AvgIpc) is 2.34. The number of amides is 1. The molecule has 0 heterocycles. The van der Waals surface area contributed by atoms with Crippen LogP contribution in [0, 0.1) is 0 Å². The molecule has 0 aliphatic carbocycles. The van der Waals surface area contributed by atoms with Gasteiger partial charge in [0.2, 0.25) is 0 Å². The lowest BCUT2D eigenvalue weighted by molar-refractivity contribution is 0.0417. The van der Waals surface area contributed by atoms with Gasteiger partial charge in [-0.25, -0.2) is 4.79 Å². The molecule has 1 aromatic rings. The second kappa shape index (κ2) is 6.57. The number of hydrogen-bond donors (Lipinski definition) is 2. The normalized spacial score (nSPS) is 14.6. The SMILES string of the molecule is CC[C@@H](O)[C@@H](NC(=O)OC(C)(C)C)c1ccccc1. The molecular formula is C15H23NO3. The van der Waals surface area contributed by atoms with Crippen LogP contribution < -0.4 is 5.32 Å². The van der Waals surface area contributed by atoms with E-state index in [9.17, 15) is 9.90 Å². The molecule has 0 unspecified atom stereocenters. The first-order chi connectivity index (χ1) is 8.83. The third-order valence-electron chi connectivity index (χ3n) is 2.63. The number of carbonyl (C=O) groups excluding carboxylic acids is 1. The van der Waals surface area contributed by atoms with Gasteiger partial charge in [0, 0.05) is 0 Å². The van der Waals surface area contributed by atoms with Crippen LogP contribution in [0.5, 0.6) is 0 Å². The maximum atomic E-state index is 11.8. The third kappa shape index (κ3) is 5.30. The molecule has 0 fully saturated rings. The molecule has 0 radical (unpaired) electrons. The van der Waals surface area contributed by atoms with Crippen LogP contribution in [0.2, 0.25) is 0 Å². The summed E-state index contributed by atoms with van der Waals surface area (Å²) < 4.78 is 5.22. The van der Waals surface area contributed by atoms with Crippen molar-refractivity contribution in [2.45, 2.75) is 51.9 Å². The monoisotopic (exact) mass is 265 g/mol. The Morgan fingerprint density at radius 2 is 1.89 bits per heavy atom. The number of aliphatic hydroxyl groups excluding tert-OH is 1. The molecule has 4 nitrogen and oxygen atoms in total. The van der Waals surface area contributed by atoms with Crippen LogP contribution in [0.25, 0.3) is 0 Å². The molecule has 4 heteroatoms. The van der Waals surface area contributed by atoms with Gasteiger partial charge in [-0.2, -0.15) is 0 Å². The van der Waals surface area contributed by atoms with Crippen molar-refractivity contribution in [1.29, 1.82) is 0 Å². The first-order valence-corrected chi connectivity index (χ1v) is 6.56. The van der Waals surface area contributed by atoms with Gasteiger partial charge in [-0.15, -0.1) is 0 Å². The Hall–Kier alpha value is -1.55. The van der Waals surface area contributed by atoms with Gasteiger partial charge >= 0.3 is 6.09 Å². The molecule has 1 rings (SSSR count). The molecule has 2 atom stereocenters. The lowest BCUT2D eigenvalue weighted by Crippen LogP contribution is -2.39. The first kappa shape index (κ1) is 15.5. The molecule has 0 bridgehead atoms. The van der Waals surface area contributed by atoms with Gasteiger partial charge in [-0.1, -0.05) is 37.3 Å². The summed E-state index contributed by atoms with van der Waals surface area (Å²) in [5, 5.41) is 12.8. The fourth-order valence-corrected chi connectivity index (χ4v) is 1.73. The zero-order chi connectivity index (χ0) is 14.5. The van der Waals surface area contributed by atoms with Gasteiger partial charge in [-0.05, 0) is 32.8 Å². The number of carbonyl (C=O) groups is 1. The first-order valence-electron chi connectivity index (χ1n) is 6.56. The Morgan fingerprint density at radius 1 is 1.32 bits per heavy atom. The molecule has 106 valence electrons. The predicted octanol–water partition coefficient (Wildman–Crippen LogP) is 3.02. The standard InChI is InChI=1S/C15H23NO3/c1-5-12(17)13(11-9-7-6-8-10-11)16-14(18)19-15(2,3)4/h6-10,12-13,17H,5H2,1-4H3,(H,16,18)/t12-,13+/m1/s1. The Kier molecular flexibility index (Phi) is 5.36. The van der Waals surface area contributed by atoms with Gasteiger partial charge in [-0.3, -0.25) is 0 Å². The Labute approximate surface area is 114 Å². The zero-order valence-electron chi connectivity index (χ0n) is 12.0. The predicted molar refractivity (Wildman–Crippen MR) is 74.9 cm³/mol. The van der Waals surface area contributed by atoms with E-state index in [-0.39, 0.29) is 0 Å². The fourth-order valence-electron chi connectivity index (χ4n) is 1.73. The number of rotatable bonds is 4.